The molecule has 0 spiro atoms. The van der Waals surface area contributed by atoms with E-state index in [4.69, 9.17) is 9.47 Å². The van der Waals surface area contributed by atoms with Gasteiger partial charge in [-0.3, -0.25) is 4.79 Å². The molecule has 9 heteroatoms. The van der Waals surface area contributed by atoms with E-state index in [0.29, 0.717) is 30.0 Å². The van der Waals surface area contributed by atoms with Crippen LogP contribution in [0, 0.1) is 5.92 Å². The predicted octanol–water partition coefficient (Wildman–Crippen LogP) is 2.45. The van der Waals surface area contributed by atoms with E-state index in [9.17, 15) is 18.3 Å². The van der Waals surface area contributed by atoms with Gasteiger partial charge in [0.25, 0.3) is 0 Å². The molecule has 3 rings (SSSR count). The summed E-state index contributed by atoms with van der Waals surface area (Å²) in [6, 6.07) is 11.0. The number of para-hydroxylation sites is 2. The van der Waals surface area contributed by atoms with Crippen molar-refractivity contribution in [2.75, 3.05) is 32.6 Å². The van der Waals surface area contributed by atoms with Gasteiger partial charge in [-0.2, -0.15) is 4.31 Å². The van der Waals surface area contributed by atoms with E-state index >= 15 is 0 Å². The molecule has 29 heavy (non-hydrogen) atoms. The van der Waals surface area contributed by atoms with E-state index in [-0.39, 0.29) is 35.6 Å². The first-order valence-electron chi connectivity index (χ1n) is 9.18. The van der Waals surface area contributed by atoms with E-state index in [1.54, 1.807) is 24.3 Å². The van der Waals surface area contributed by atoms with Crippen molar-refractivity contribution in [3.8, 4) is 17.2 Å². The summed E-state index contributed by atoms with van der Waals surface area (Å²) in [5.74, 6) is 0.229. The molecule has 1 aliphatic heterocycles. The number of carbonyl (C=O) groups excluding carboxylic acids is 1. The zero-order valence-electron chi connectivity index (χ0n) is 16.3. The number of benzene rings is 2. The number of nitrogens with zero attached hydrogens (tertiary/aromatic N) is 1. The summed E-state index contributed by atoms with van der Waals surface area (Å²) < 4.78 is 37.6. The number of sulfonamides is 1. The Kier molecular flexibility index (Phi) is 6.29. The van der Waals surface area contributed by atoms with Crippen LogP contribution in [-0.4, -0.2) is 51.0 Å². The molecule has 1 fully saturated rings. The molecule has 0 bridgehead atoms. The third-order valence-corrected chi connectivity index (χ3v) is 6.87. The average Bonchev–Trinajstić information content (AvgIpc) is 2.74. The number of amides is 1. The molecular weight excluding hydrogens is 396 g/mol. The van der Waals surface area contributed by atoms with E-state index in [0.717, 1.165) is 0 Å². The van der Waals surface area contributed by atoms with E-state index in [1.807, 2.05) is 0 Å². The molecule has 8 nitrogen and oxygen atoms in total. The molecule has 1 aliphatic rings. The van der Waals surface area contributed by atoms with Gasteiger partial charge < -0.3 is 19.9 Å². The molecule has 0 saturated carbocycles. The van der Waals surface area contributed by atoms with Crippen LogP contribution < -0.4 is 14.8 Å². The van der Waals surface area contributed by atoms with Crippen molar-refractivity contribution < 1.29 is 27.8 Å². The second-order valence-electron chi connectivity index (χ2n) is 6.70. The van der Waals surface area contributed by atoms with Crippen LogP contribution in [0.15, 0.2) is 47.4 Å². The van der Waals surface area contributed by atoms with Crippen molar-refractivity contribution in [2.24, 2.45) is 5.92 Å². The highest BCUT2D eigenvalue weighted by molar-refractivity contribution is 7.89. The summed E-state index contributed by atoms with van der Waals surface area (Å²) in [6.45, 7) is 0.463. The molecule has 2 N–H and O–H groups in total. The smallest absolute Gasteiger partial charge is 0.243 e. The fraction of sp³-hybridized carbons (Fsp3) is 0.350. The highest BCUT2D eigenvalue weighted by Crippen LogP contribution is 2.32. The number of methoxy groups -OCH3 is 2. The van der Waals surface area contributed by atoms with Crippen LogP contribution in [0.1, 0.15) is 12.8 Å². The molecule has 0 unspecified atom stereocenters. The van der Waals surface area contributed by atoms with Crippen LogP contribution >= 0.6 is 0 Å². The number of ether oxygens (including phenoxy) is 2. The minimum Gasteiger partial charge on any atom is -0.506 e. The Bertz CT molecular complexity index is 984. The zero-order chi connectivity index (χ0) is 21.0. The summed E-state index contributed by atoms with van der Waals surface area (Å²) in [5.41, 5.74) is 0.345. The highest BCUT2D eigenvalue weighted by atomic mass is 32.2. The molecule has 2 aromatic rings. The fourth-order valence-corrected chi connectivity index (χ4v) is 4.78. The maximum atomic E-state index is 13.0. The Balaban J connectivity index is 1.66. The van der Waals surface area contributed by atoms with Crippen LogP contribution in [0.25, 0.3) is 0 Å². The average molecular weight is 420 g/mol. The Morgan fingerprint density at radius 2 is 1.72 bits per heavy atom. The van der Waals surface area contributed by atoms with E-state index < -0.39 is 10.0 Å². The maximum Gasteiger partial charge on any atom is 0.243 e. The number of hydrogen-bond acceptors (Lipinski definition) is 6. The van der Waals surface area contributed by atoms with Crippen molar-refractivity contribution in [3.05, 3.63) is 42.5 Å². The van der Waals surface area contributed by atoms with Crippen molar-refractivity contribution in [2.45, 2.75) is 17.7 Å². The van der Waals surface area contributed by atoms with Crippen LogP contribution in [0.5, 0.6) is 17.2 Å². The molecule has 1 saturated heterocycles. The normalized spacial score (nSPS) is 15.7. The zero-order valence-corrected chi connectivity index (χ0v) is 17.1. The number of carbonyl (C=O) groups is 1. The molecule has 1 amide bonds. The number of rotatable bonds is 6. The molecule has 0 atom stereocenters. The molecule has 1 heterocycles. The number of hydrogen-bond donors (Lipinski definition) is 2. The van der Waals surface area contributed by atoms with Gasteiger partial charge in [0.15, 0.2) is 11.5 Å². The van der Waals surface area contributed by atoms with Gasteiger partial charge in [0.1, 0.15) is 5.75 Å². The molecule has 156 valence electrons. The van der Waals surface area contributed by atoms with Gasteiger partial charge >= 0.3 is 0 Å². The lowest BCUT2D eigenvalue weighted by atomic mass is 9.97. The Hall–Kier alpha value is -2.78. The Morgan fingerprint density at radius 3 is 2.34 bits per heavy atom. The summed E-state index contributed by atoms with van der Waals surface area (Å²) in [4.78, 5) is 12.6. The first-order chi connectivity index (χ1) is 13.9. The second kappa shape index (κ2) is 8.71. The summed E-state index contributed by atoms with van der Waals surface area (Å²) in [6.07, 6.45) is 0.790. The first kappa shape index (κ1) is 20.9. The summed E-state index contributed by atoms with van der Waals surface area (Å²) in [5, 5.41) is 12.5. The quantitative estimate of drug-likeness (QED) is 0.696. The van der Waals surface area contributed by atoms with Crippen LogP contribution in [0.3, 0.4) is 0 Å². The number of anilines is 1. The van der Waals surface area contributed by atoms with Crippen LogP contribution in [0.4, 0.5) is 5.69 Å². The lowest BCUT2D eigenvalue weighted by molar-refractivity contribution is -0.120. The third-order valence-electron chi connectivity index (χ3n) is 4.98. The number of phenolic OH excluding ortho intramolecular Hbond substituents is 1. The number of phenols is 1. The standard InChI is InChI=1S/C20H24N2O6S/c1-27-18-8-7-15(13-19(18)28-2)29(25,26)22-11-9-14(10-12-22)20(24)21-16-5-3-4-6-17(16)23/h3-8,13-14,23H,9-12H2,1-2H3,(H,21,24). The maximum absolute atomic E-state index is 13.0. The van der Waals surface area contributed by atoms with Gasteiger partial charge in [0.05, 0.1) is 24.8 Å². The van der Waals surface area contributed by atoms with Crippen molar-refractivity contribution in [3.63, 3.8) is 0 Å². The van der Waals surface area contributed by atoms with Crippen molar-refractivity contribution >= 4 is 21.6 Å². The second-order valence-corrected chi connectivity index (χ2v) is 8.64. The van der Waals surface area contributed by atoms with E-state index in [2.05, 4.69) is 5.32 Å². The molecule has 2 aromatic carbocycles. The number of piperidine rings is 1. The lowest BCUT2D eigenvalue weighted by Crippen LogP contribution is -2.41. The highest BCUT2D eigenvalue weighted by Gasteiger charge is 2.32. The predicted molar refractivity (Wildman–Crippen MR) is 108 cm³/mol. The fourth-order valence-electron chi connectivity index (χ4n) is 3.30. The Labute approximate surface area is 170 Å². The lowest BCUT2D eigenvalue weighted by Gasteiger charge is -2.30. The number of aromatic hydroxyl groups is 1. The first-order valence-corrected chi connectivity index (χ1v) is 10.6. The van der Waals surface area contributed by atoms with Gasteiger partial charge in [0, 0.05) is 25.1 Å². The van der Waals surface area contributed by atoms with Gasteiger partial charge in [-0.1, -0.05) is 12.1 Å². The number of nitrogens with one attached hydrogen (secondary N) is 1. The van der Waals surface area contributed by atoms with Crippen LogP contribution in [-0.2, 0) is 14.8 Å². The van der Waals surface area contributed by atoms with Crippen molar-refractivity contribution in [1.82, 2.24) is 4.31 Å². The minimum atomic E-state index is -3.71. The monoisotopic (exact) mass is 420 g/mol. The minimum absolute atomic E-state index is 0.00526. The molecular formula is C20H24N2O6S. The van der Waals surface area contributed by atoms with Gasteiger partial charge in [-0.15, -0.1) is 0 Å². The van der Waals surface area contributed by atoms with Gasteiger partial charge in [0.2, 0.25) is 15.9 Å². The van der Waals surface area contributed by atoms with Gasteiger partial charge in [-0.05, 0) is 37.1 Å². The van der Waals surface area contributed by atoms with Crippen LogP contribution in [0.2, 0.25) is 0 Å². The summed E-state index contributed by atoms with van der Waals surface area (Å²) >= 11 is 0. The third kappa shape index (κ3) is 4.46. The Morgan fingerprint density at radius 1 is 1.07 bits per heavy atom. The molecule has 0 radical (unpaired) electrons. The topological polar surface area (TPSA) is 105 Å². The van der Waals surface area contributed by atoms with Crippen molar-refractivity contribution in [1.29, 1.82) is 0 Å². The molecule has 0 aromatic heterocycles. The molecule has 0 aliphatic carbocycles. The SMILES string of the molecule is COc1ccc(S(=O)(=O)N2CCC(C(=O)Nc3ccccc3O)CC2)cc1OC. The van der Waals surface area contributed by atoms with Gasteiger partial charge in [-0.25, -0.2) is 8.42 Å². The van der Waals surface area contributed by atoms with E-state index in [1.165, 1.54) is 36.7 Å². The summed E-state index contributed by atoms with van der Waals surface area (Å²) in [7, 11) is -0.778. The largest absolute Gasteiger partial charge is 0.506 e.